The predicted octanol–water partition coefficient (Wildman–Crippen LogP) is 0.289. The van der Waals surface area contributed by atoms with Crippen molar-refractivity contribution in [3.8, 4) is 0 Å². The molecule has 1 saturated heterocycles. The fraction of sp³-hybridized carbons (Fsp3) is 0.700. The van der Waals surface area contributed by atoms with Gasteiger partial charge in [0.15, 0.2) is 0 Å². The molecule has 0 aliphatic carbocycles. The van der Waals surface area contributed by atoms with Crippen molar-refractivity contribution in [2.24, 2.45) is 5.41 Å². The fourth-order valence-corrected chi connectivity index (χ4v) is 2.01. The average Bonchev–Trinajstić information content (AvgIpc) is 2.48. The Hall–Kier alpha value is -1.39. The molecule has 1 N–H and O–H groups in total. The van der Waals surface area contributed by atoms with Gasteiger partial charge in [-0.3, -0.25) is 14.4 Å². The van der Waals surface area contributed by atoms with E-state index in [1.54, 1.807) is 0 Å². The third-order valence-corrected chi connectivity index (χ3v) is 2.84. The van der Waals surface area contributed by atoms with Crippen LogP contribution in [0.4, 0.5) is 0 Å². The fourth-order valence-electron chi connectivity index (χ4n) is 2.01. The lowest BCUT2D eigenvalue weighted by molar-refractivity contribution is -0.150. The number of carboxylic acid groups (broad SMARTS) is 1. The summed E-state index contributed by atoms with van der Waals surface area (Å²) in [6, 6.07) is 0. The second-order valence-electron chi connectivity index (χ2n) is 4.15. The van der Waals surface area contributed by atoms with Crippen LogP contribution in [-0.4, -0.2) is 40.8 Å². The number of nitrogens with zero attached hydrogens (tertiary/aromatic N) is 1. The lowest BCUT2D eigenvalue weighted by Gasteiger charge is -2.22. The number of Topliss-reactive ketones (excluding diaryl/α,β-unsaturated/α-hetero) is 1. The highest BCUT2D eigenvalue weighted by Gasteiger charge is 2.46. The summed E-state index contributed by atoms with van der Waals surface area (Å²) in [4.78, 5) is 34.7. The standard InChI is InChI=1S/C10H15NO4/c1-7(12)5-10(9(14)15)3-4-11(6-10)8(2)13/h3-6H2,1-2H3,(H,14,15). The molecule has 15 heavy (non-hydrogen) atoms. The van der Waals surface area contributed by atoms with Gasteiger partial charge in [0, 0.05) is 26.4 Å². The van der Waals surface area contributed by atoms with Crippen LogP contribution in [0, 0.1) is 5.41 Å². The zero-order chi connectivity index (χ0) is 11.6. The smallest absolute Gasteiger partial charge is 0.311 e. The van der Waals surface area contributed by atoms with Crippen LogP contribution >= 0.6 is 0 Å². The molecule has 0 radical (unpaired) electrons. The van der Waals surface area contributed by atoms with Crippen molar-refractivity contribution in [2.45, 2.75) is 26.7 Å². The van der Waals surface area contributed by atoms with Gasteiger partial charge < -0.3 is 10.0 Å². The van der Waals surface area contributed by atoms with E-state index in [9.17, 15) is 14.4 Å². The van der Waals surface area contributed by atoms with E-state index in [1.165, 1.54) is 18.7 Å². The Morgan fingerprint density at radius 1 is 1.33 bits per heavy atom. The normalized spacial score (nSPS) is 25.3. The van der Waals surface area contributed by atoms with Gasteiger partial charge in [-0.15, -0.1) is 0 Å². The molecule has 0 spiro atoms. The topological polar surface area (TPSA) is 74.7 Å². The van der Waals surface area contributed by atoms with Gasteiger partial charge in [0.2, 0.25) is 5.91 Å². The maximum absolute atomic E-state index is 11.1. The average molecular weight is 213 g/mol. The molecule has 5 heteroatoms. The second-order valence-corrected chi connectivity index (χ2v) is 4.15. The van der Waals surface area contributed by atoms with E-state index < -0.39 is 11.4 Å². The van der Waals surface area contributed by atoms with Gasteiger partial charge in [-0.2, -0.15) is 0 Å². The minimum Gasteiger partial charge on any atom is -0.481 e. The minimum absolute atomic E-state index is 0.00606. The van der Waals surface area contributed by atoms with Crippen LogP contribution < -0.4 is 0 Å². The van der Waals surface area contributed by atoms with Crippen molar-refractivity contribution in [3.05, 3.63) is 0 Å². The van der Waals surface area contributed by atoms with Crippen LogP contribution in [0.2, 0.25) is 0 Å². The molecule has 0 saturated carbocycles. The zero-order valence-electron chi connectivity index (χ0n) is 8.95. The molecular formula is C10H15NO4. The van der Waals surface area contributed by atoms with Gasteiger partial charge in [0.25, 0.3) is 0 Å². The summed E-state index contributed by atoms with van der Waals surface area (Å²) in [5, 5.41) is 9.12. The van der Waals surface area contributed by atoms with Crippen LogP contribution in [0.15, 0.2) is 0 Å². The molecule has 5 nitrogen and oxygen atoms in total. The summed E-state index contributed by atoms with van der Waals surface area (Å²) in [5.74, 6) is -1.27. The molecule has 0 aromatic rings. The zero-order valence-corrected chi connectivity index (χ0v) is 8.95. The van der Waals surface area contributed by atoms with Gasteiger partial charge in [0.05, 0.1) is 5.41 Å². The van der Waals surface area contributed by atoms with Crippen molar-refractivity contribution in [2.75, 3.05) is 13.1 Å². The quantitative estimate of drug-likeness (QED) is 0.731. The van der Waals surface area contributed by atoms with Crippen molar-refractivity contribution in [1.82, 2.24) is 4.90 Å². The first kappa shape index (κ1) is 11.7. The highest BCUT2D eigenvalue weighted by molar-refractivity contribution is 5.86. The third-order valence-electron chi connectivity index (χ3n) is 2.84. The van der Waals surface area contributed by atoms with Gasteiger partial charge in [-0.1, -0.05) is 0 Å². The third kappa shape index (κ3) is 2.34. The summed E-state index contributed by atoms with van der Waals surface area (Å²) >= 11 is 0. The summed E-state index contributed by atoms with van der Waals surface area (Å²) < 4.78 is 0. The number of likely N-dealkylation sites (tertiary alicyclic amines) is 1. The maximum atomic E-state index is 11.1. The number of ketones is 1. The van der Waals surface area contributed by atoms with E-state index >= 15 is 0 Å². The molecule has 1 aliphatic heterocycles. The molecule has 1 fully saturated rings. The molecule has 0 bridgehead atoms. The second kappa shape index (κ2) is 4.00. The Morgan fingerprint density at radius 3 is 2.27 bits per heavy atom. The summed E-state index contributed by atoms with van der Waals surface area (Å²) in [5.41, 5.74) is -1.06. The van der Waals surface area contributed by atoms with E-state index in [-0.39, 0.29) is 24.7 Å². The lowest BCUT2D eigenvalue weighted by Crippen LogP contribution is -2.37. The first-order chi connectivity index (χ1) is 6.87. The number of carbonyl (C=O) groups excluding carboxylic acids is 2. The molecule has 1 heterocycles. The predicted molar refractivity (Wildman–Crippen MR) is 52.2 cm³/mol. The maximum Gasteiger partial charge on any atom is 0.311 e. The van der Waals surface area contributed by atoms with Crippen molar-refractivity contribution in [1.29, 1.82) is 0 Å². The van der Waals surface area contributed by atoms with Crippen LogP contribution in [-0.2, 0) is 14.4 Å². The number of hydrogen-bond donors (Lipinski definition) is 1. The summed E-state index contributed by atoms with van der Waals surface area (Å²) in [6.45, 7) is 3.36. The molecule has 0 aromatic carbocycles. The van der Waals surface area contributed by atoms with Crippen LogP contribution in [0.5, 0.6) is 0 Å². The summed E-state index contributed by atoms with van der Waals surface area (Å²) in [7, 11) is 0. The minimum atomic E-state index is -1.06. The Morgan fingerprint density at radius 2 is 1.93 bits per heavy atom. The van der Waals surface area contributed by atoms with Crippen molar-refractivity contribution < 1.29 is 19.5 Å². The Balaban J connectivity index is 2.82. The van der Waals surface area contributed by atoms with E-state index in [1.807, 2.05) is 0 Å². The Bertz CT molecular complexity index is 313. The number of amides is 1. The van der Waals surface area contributed by atoms with E-state index in [0.29, 0.717) is 13.0 Å². The lowest BCUT2D eigenvalue weighted by atomic mass is 9.82. The number of aliphatic carboxylic acids is 1. The van der Waals surface area contributed by atoms with Crippen LogP contribution in [0.25, 0.3) is 0 Å². The van der Waals surface area contributed by atoms with Gasteiger partial charge >= 0.3 is 5.97 Å². The number of carbonyl (C=O) groups is 3. The van der Waals surface area contributed by atoms with E-state index in [4.69, 9.17) is 5.11 Å². The molecule has 1 aliphatic rings. The molecule has 84 valence electrons. The SMILES string of the molecule is CC(=O)CC1(C(=O)O)CCN(C(C)=O)C1. The molecule has 1 atom stereocenters. The van der Waals surface area contributed by atoms with Gasteiger partial charge in [-0.25, -0.2) is 0 Å². The van der Waals surface area contributed by atoms with Crippen LogP contribution in [0.3, 0.4) is 0 Å². The molecular weight excluding hydrogens is 198 g/mol. The molecule has 0 aromatic heterocycles. The first-order valence-corrected chi connectivity index (χ1v) is 4.86. The first-order valence-electron chi connectivity index (χ1n) is 4.86. The van der Waals surface area contributed by atoms with Gasteiger partial charge in [0.1, 0.15) is 5.78 Å². The van der Waals surface area contributed by atoms with Crippen molar-refractivity contribution in [3.63, 3.8) is 0 Å². The van der Waals surface area contributed by atoms with E-state index in [2.05, 4.69) is 0 Å². The highest BCUT2D eigenvalue weighted by Crippen LogP contribution is 2.34. The molecule has 1 unspecified atom stereocenters. The van der Waals surface area contributed by atoms with E-state index in [0.717, 1.165) is 0 Å². The molecule has 1 rings (SSSR count). The van der Waals surface area contributed by atoms with Crippen molar-refractivity contribution >= 4 is 17.7 Å². The highest BCUT2D eigenvalue weighted by atomic mass is 16.4. The number of rotatable bonds is 3. The Labute approximate surface area is 88.1 Å². The van der Waals surface area contributed by atoms with Crippen LogP contribution in [0.1, 0.15) is 26.7 Å². The monoisotopic (exact) mass is 213 g/mol. The number of hydrogen-bond acceptors (Lipinski definition) is 3. The molecule has 1 amide bonds. The summed E-state index contributed by atoms with van der Waals surface area (Å²) in [6.07, 6.45) is 0.369. The number of carboxylic acids is 1. The Kier molecular flexibility index (Phi) is 3.12. The van der Waals surface area contributed by atoms with Gasteiger partial charge in [-0.05, 0) is 13.3 Å². The largest absolute Gasteiger partial charge is 0.481 e.